The van der Waals surface area contributed by atoms with E-state index in [0.717, 1.165) is 31.7 Å². The molecule has 0 spiro atoms. The van der Waals surface area contributed by atoms with E-state index in [4.69, 9.17) is 4.74 Å². The average Bonchev–Trinajstić information content (AvgIpc) is 2.92. The molecule has 0 radical (unpaired) electrons. The molecule has 1 amide bonds. The van der Waals surface area contributed by atoms with Crippen LogP contribution < -0.4 is 4.74 Å². The van der Waals surface area contributed by atoms with E-state index in [0.29, 0.717) is 6.42 Å². The first kappa shape index (κ1) is 12.9. The maximum absolute atomic E-state index is 12.5. The Kier molecular flexibility index (Phi) is 3.90. The Morgan fingerprint density at radius 2 is 1.89 bits per heavy atom. The molecule has 98 valence electrons. The van der Waals surface area contributed by atoms with Crippen molar-refractivity contribution in [2.24, 2.45) is 0 Å². The largest absolute Gasteiger partial charge is 0.478 e. The molecule has 1 fully saturated rings. The van der Waals surface area contributed by atoms with Crippen molar-refractivity contribution in [2.75, 3.05) is 13.1 Å². The fraction of sp³-hybridized carbons (Fsp3) is 0.533. The molecule has 0 N–H and O–H groups in total. The Morgan fingerprint density at radius 3 is 2.44 bits per heavy atom. The fourth-order valence-electron chi connectivity index (χ4n) is 2.27. The minimum absolute atomic E-state index is 0.117. The van der Waals surface area contributed by atoms with Crippen LogP contribution in [0.15, 0.2) is 30.3 Å². The molecule has 0 aliphatic carbocycles. The molecule has 1 atom stereocenters. The molecule has 0 aromatic heterocycles. The number of carbonyl (C=O) groups is 1. The van der Waals surface area contributed by atoms with Gasteiger partial charge in [0, 0.05) is 13.1 Å². The van der Waals surface area contributed by atoms with E-state index < -0.39 is 5.60 Å². The van der Waals surface area contributed by atoms with Gasteiger partial charge in [0.1, 0.15) is 5.75 Å². The van der Waals surface area contributed by atoms with Crippen LogP contribution in [0.2, 0.25) is 0 Å². The molecule has 1 unspecified atom stereocenters. The number of para-hydroxylation sites is 1. The number of likely N-dealkylation sites (tertiary alicyclic amines) is 1. The molecule has 0 saturated carbocycles. The maximum atomic E-state index is 12.5. The van der Waals surface area contributed by atoms with E-state index in [-0.39, 0.29) is 5.91 Å². The second kappa shape index (κ2) is 5.42. The summed E-state index contributed by atoms with van der Waals surface area (Å²) in [6.45, 7) is 5.62. The number of ether oxygens (including phenoxy) is 1. The number of benzene rings is 1. The van der Waals surface area contributed by atoms with Crippen molar-refractivity contribution in [3.8, 4) is 5.75 Å². The smallest absolute Gasteiger partial charge is 0.266 e. The maximum Gasteiger partial charge on any atom is 0.266 e. The first-order valence-electron chi connectivity index (χ1n) is 6.69. The van der Waals surface area contributed by atoms with Crippen molar-refractivity contribution in [3.63, 3.8) is 0 Å². The molecule has 1 aromatic carbocycles. The van der Waals surface area contributed by atoms with Gasteiger partial charge in [-0.25, -0.2) is 0 Å². The van der Waals surface area contributed by atoms with Crippen LogP contribution in [-0.4, -0.2) is 29.5 Å². The fourth-order valence-corrected chi connectivity index (χ4v) is 2.27. The highest BCUT2D eigenvalue weighted by molar-refractivity contribution is 5.85. The molecular formula is C15H21NO2. The molecule has 1 aliphatic rings. The predicted molar refractivity (Wildman–Crippen MR) is 71.6 cm³/mol. The van der Waals surface area contributed by atoms with Gasteiger partial charge < -0.3 is 9.64 Å². The normalized spacial score (nSPS) is 18.4. The van der Waals surface area contributed by atoms with E-state index in [2.05, 4.69) is 0 Å². The zero-order valence-electron chi connectivity index (χ0n) is 11.2. The summed E-state index contributed by atoms with van der Waals surface area (Å²) < 4.78 is 5.93. The van der Waals surface area contributed by atoms with E-state index in [1.165, 1.54) is 0 Å². The van der Waals surface area contributed by atoms with Gasteiger partial charge >= 0.3 is 0 Å². The van der Waals surface area contributed by atoms with Crippen LogP contribution in [0.4, 0.5) is 0 Å². The summed E-state index contributed by atoms with van der Waals surface area (Å²) in [5, 5.41) is 0. The molecule has 18 heavy (non-hydrogen) atoms. The Bertz CT molecular complexity index is 398. The monoisotopic (exact) mass is 247 g/mol. The van der Waals surface area contributed by atoms with Gasteiger partial charge in [-0.05, 0) is 38.3 Å². The number of nitrogens with zero attached hydrogens (tertiary/aromatic N) is 1. The standard InChI is InChI=1S/C15H21NO2/c1-3-15(2,14(17)16-11-7-8-12-16)18-13-9-5-4-6-10-13/h4-6,9-10H,3,7-8,11-12H2,1-2H3. The topological polar surface area (TPSA) is 29.5 Å². The number of carbonyl (C=O) groups excluding carboxylic acids is 1. The van der Waals surface area contributed by atoms with Gasteiger partial charge in [0.05, 0.1) is 0 Å². The van der Waals surface area contributed by atoms with Gasteiger partial charge in [0.25, 0.3) is 5.91 Å². The molecule has 2 rings (SSSR count). The Labute approximate surface area is 109 Å². The van der Waals surface area contributed by atoms with Gasteiger partial charge in [-0.1, -0.05) is 25.1 Å². The van der Waals surface area contributed by atoms with E-state index in [1.54, 1.807) is 0 Å². The number of hydrogen-bond donors (Lipinski definition) is 0. The van der Waals surface area contributed by atoms with E-state index >= 15 is 0 Å². The second-order valence-electron chi connectivity index (χ2n) is 5.00. The molecule has 0 bridgehead atoms. The molecule has 3 heteroatoms. The summed E-state index contributed by atoms with van der Waals surface area (Å²) in [6.07, 6.45) is 2.89. The van der Waals surface area contributed by atoms with Crippen LogP contribution in [0.1, 0.15) is 33.1 Å². The summed E-state index contributed by atoms with van der Waals surface area (Å²) in [7, 11) is 0. The Hall–Kier alpha value is -1.51. The SMILES string of the molecule is CCC(C)(Oc1ccccc1)C(=O)N1CCCC1. The lowest BCUT2D eigenvalue weighted by Crippen LogP contribution is -2.49. The highest BCUT2D eigenvalue weighted by Gasteiger charge is 2.38. The van der Waals surface area contributed by atoms with Crippen LogP contribution in [0, 0.1) is 0 Å². The summed E-state index contributed by atoms with van der Waals surface area (Å²) in [5.41, 5.74) is -0.744. The molecule has 1 aromatic rings. The van der Waals surface area contributed by atoms with Crippen molar-refractivity contribution >= 4 is 5.91 Å². The van der Waals surface area contributed by atoms with Gasteiger partial charge in [-0.3, -0.25) is 4.79 Å². The van der Waals surface area contributed by atoms with Crippen LogP contribution in [-0.2, 0) is 4.79 Å². The van der Waals surface area contributed by atoms with Crippen molar-refractivity contribution in [3.05, 3.63) is 30.3 Å². The summed E-state index contributed by atoms with van der Waals surface area (Å²) >= 11 is 0. The summed E-state index contributed by atoms with van der Waals surface area (Å²) in [6, 6.07) is 9.58. The average molecular weight is 247 g/mol. The van der Waals surface area contributed by atoms with Crippen molar-refractivity contribution in [1.82, 2.24) is 4.90 Å². The van der Waals surface area contributed by atoms with Gasteiger partial charge in [0.2, 0.25) is 0 Å². The predicted octanol–water partition coefficient (Wildman–Crippen LogP) is 2.86. The van der Waals surface area contributed by atoms with Crippen LogP contribution in [0.25, 0.3) is 0 Å². The lowest BCUT2D eigenvalue weighted by atomic mass is 10.0. The van der Waals surface area contributed by atoms with Crippen LogP contribution >= 0.6 is 0 Å². The van der Waals surface area contributed by atoms with Crippen LogP contribution in [0.3, 0.4) is 0 Å². The highest BCUT2D eigenvalue weighted by Crippen LogP contribution is 2.24. The third-order valence-corrected chi connectivity index (χ3v) is 3.61. The summed E-state index contributed by atoms with van der Waals surface area (Å²) in [5.74, 6) is 0.876. The Morgan fingerprint density at radius 1 is 1.28 bits per heavy atom. The highest BCUT2D eigenvalue weighted by atomic mass is 16.5. The first-order valence-corrected chi connectivity index (χ1v) is 6.69. The van der Waals surface area contributed by atoms with Crippen LogP contribution in [0.5, 0.6) is 5.75 Å². The molecular weight excluding hydrogens is 226 g/mol. The molecule has 1 heterocycles. The van der Waals surface area contributed by atoms with Gasteiger partial charge in [-0.2, -0.15) is 0 Å². The van der Waals surface area contributed by atoms with Crippen molar-refractivity contribution in [1.29, 1.82) is 0 Å². The number of hydrogen-bond acceptors (Lipinski definition) is 2. The lowest BCUT2D eigenvalue weighted by molar-refractivity contribution is -0.146. The third kappa shape index (κ3) is 2.66. The molecule has 3 nitrogen and oxygen atoms in total. The first-order chi connectivity index (χ1) is 8.65. The van der Waals surface area contributed by atoms with Crippen molar-refractivity contribution in [2.45, 2.75) is 38.7 Å². The third-order valence-electron chi connectivity index (χ3n) is 3.61. The van der Waals surface area contributed by atoms with Gasteiger partial charge in [0.15, 0.2) is 5.60 Å². The lowest BCUT2D eigenvalue weighted by Gasteiger charge is -2.32. The van der Waals surface area contributed by atoms with Crippen molar-refractivity contribution < 1.29 is 9.53 Å². The minimum Gasteiger partial charge on any atom is -0.478 e. The molecule has 1 saturated heterocycles. The number of rotatable bonds is 4. The second-order valence-corrected chi connectivity index (χ2v) is 5.00. The zero-order chi connectivity index (χ0) is 13.0. The summed E-state index contributed by atoms with van der Waals surface area (Å²) in [4.78, 5) is 14.4. The Balaban J connectivity index is 2.11. The zero-order valence-corrected chi connectivity index (χ0v) is 11.2. The minimum atomic E-state index is -0.744. The quantitative estimate of drug-likeness (QED) is 0.818. The van der Waals surface area contributed by atoms with E-state index in [1.807, 2.05) is 49.1 Å². The van der Waals surface area contributed by atoms with E-state index in [9.17, 15) is 4.79 Å². The molecule has 1 aliphatic heterocycles. The number of amides is 1. The van der Waals surface area contributed by atoms with Gasteiger partial charge in [-0.15, -0.1) is 0 Å².